The topological polar surface area (TPSA) is 165 Å². The zero-order valence-corrected chi connectivity index (χ0v) is 26.2. The van der Waals surface area contributed by atoms with Gasteiger partial charge >= 0.3 is 29.6 Å². The zero-order valence-electron chi connectivity index (χ0n) is 23.4. The van der Waals surface area contributed by atoms with Gasteiger partial charge in [-0.25, -0.2) is 13.9 Å². The molecule has 0 aliphatic rings. The summed E-state index contributed by atoms with van der Waals surface area (Å²) in [7, 11) is -4.74. The second-order valence-corrected chi connectivity index (χ2v) is 11.6. The Labute approximate surface area is 262 Å². The largest absolute Gasteiger partial charge is 1.00 e. The third-order valence-electron chi connectivity index (χ3n) is 6.60. The molecule has 0 radical (unpaired) electrons. The molecule has 3 amide bonds. The van der Waals surface area contributed by atoms with Gasteiger partial charge in [0.15, 0.2) is 0 Å². The Kier molecular flexibility index (Phi) is 13.4. The Morgan fingerprint density at radius 1 is 0.805 bits per heavy atom. The van der Waals surface area contributed by atoms with Gasteiger partial charge in [-0.15, -0.1) is 0 Å². The number of hydrogen-bond acceptors (Lipinski definition) is 7. The van der Waals surface area contributed by atoms with Gasteiger partial charge in [0.1, 0.15) is 22.0 Å². The van der Waals surface area contributed by atoms with E-state index >= 15 is 0 Å². The maximum Gasteiger partial charge on any atom is 1.00 e. The molecule has 0 aliphatic heterocycles. The van der Waals surface area contributed by atoms with E-state index in [-0.39, 0.29) is 54.7 Å². The van der Waals surface area contributed by atoms with Crippen molar-refractivity contribution in [3.63, 3.8) is 0 Å². The number of rotatable bonds is 13. The number of amides is 3. The fourth-order valence-electron chi connectivity index (χ4n) is 4.70. The first-order valence-electron chi connectivity index (χ1n) is 12.9. The van der Waals surface area contributed by atoms with Crippen LogP contribution in [0.4, 0.5) is 0 Å². The number of benzene rings is 3. The summed E-state index contributed by atoms with van der Waals surface area (Å²) in [5, 5.41) is 16.3. The summed E-state index contributed by atoms with van der Waals surface area (Å²) >= 11 is 0. The Hall–Kier alpha value is -2.80. The van der Waals surface area contributed by atoms with Gasteiger partial charge < -0.3 is 15.2 Å². The molecule has 0 aromatic heterocycles. The number of hydroxylamine groups is 1. The maximum atomic E-state index is 13.7. The first-order valence-corrected chi connectivity index (χ1v) is 14.5. The van der Waals surface area contributed by atoms with Crippen molar-refractivity contribution >= 4 is 38.6 Å². The van der Waals surface area contributed by atoms with Crippen LogP contribution in [0.25, 0.3) is 10.8 Å². The van der Waals surface area contributed by atoms with Gasteiger partial charge in [-0.1, -0.05) is 86.6 Å². The average Bonchev–Trinajstić information content (AvgIpc) is 2.92. The van der Waals surface area contributed by atoms with Crippen LogP contribution in [0, 0.1) is 17.8 Å². The fourth-order valence-corrected chi connectivity index (χ4v) is 5.02. The van der Waals surface area contributed by atoms with Crippen molar-refractivity contribution in [3.05, 3.63) is 83.9 Å². The molecule has 0 saturated carbocycles. The Morgan fingerprint density at radius 2 is 1.44 bits per heavy atom. The SMILES string of the molecule is CC(C)CC(C(=O)NC(Cc1ccccc1)C(=O)NCS(=O)(=O)[O-])C(Cc1ccc2ccccc2c1)C(=O)NO.[Na+]. The van der Waals surface area contributed by atoms with Crippen LogP contribution in [0.5, 0.6) is 0 Å². The molecule has 0 spiro atoms. The second-order valence-electron chi connectivity index (χ2n) is 10.2. The molecule has 0 aliphatic carbocycles. The Bertz CT molecular complexity index is 1430. The van der Waals surface area contributed by atoms with Crippen LogP contribution in [-0.2, 0) is 37.3 Å². The van der Waals surface area contributed by atoms with Crippen molar-refractivity contribution < 1.29 is 62.1 Å². The predicted octanol–water partition coefficient (Wildman–Crippen LogP) is -0.483. The predicted molar refractivity (Wildman–Crippen MR) is 149 cm³/mol. The van der Waals surface area contributed by atoms with Crippen LogP contribution in [0.1, 0.15) is 31.4 Å². The quantitative estimate of drug-likeness (QED) is 0.0902. The van der Waals surface area contributed by atoms with Crippen molar-refractivity contribution in [3.8, 4) is 0 Å². The third kappa shape index (κ3) is 10.8. The molecular weight excluding hydrogens is 557 g/mol. The molecule has 12 heteroatoms. The molecule has 3 aromatic rings. The normalized spacial score (nSPS) is 13.5. The summed E-state index contributed by atoms with van der Waals surface area (Å²) in [5.41, 5.74) is 3.16. The van der Waals surface area contributed by atoms with Crippen LogP contribution >= 0.6 is 0 Å². The molecule has 41 heavy (non-hydrogen) atoms. The Balaban J connectivity index is 0.00000588. The van der Waals surface area contributed by atoms with E-state index in [4.69, 9.17) is 0 Å². The van der Waals surface area contributed by atoms with Crippen LogP contribution in [0.2, 0.25) is 0 Å². The summed E-state index contributed by atoms with van der Waals surface area (Å²) in [5.74, 6) is -5.26. The minimum Gasteiger partial charge on any atom is -0.747 e. The number of fused-ring (bicyclic) bond motifs is 1. The summed E-state index contributed by atoms with van der Waals surface area (Å²) in [6.07, 6.45) is 0.436. The van der Waals surface area contributed by atoms with E-state index in [9.17, 15) is 32.6 Å². The van der Waals surface area contributed by atoms with Crippen LogP contribution in [0.3, 0.4) is 0 Å². The molecule has 0 saturated heterocycles. The minimum absolute atomic E-state index is 0. The summed E-state index contributed by atoms with van der Waals surface area (Å²) in [4.78, 5) is 39.5. The van der Waals surface area contributed by atoms with Crippen molar-refractivity contribution in [2.75, 3.05) is 5.88 Å². The van der Waals surface area contributed by atoms with Crippen LogP contribution in [0.15, 0.2) is 72.8 Å². The van der Waals surface area contributed by atoms with Crippen LogP contribution in [-0.4, -0.2) is 47.8 Å². The van der Waals surface area contributed by atoms with E-state index in [2.05, 4.69) is 10.6 Å². The van der Waals surface area contributed by atoms with Gasteiger partial charge in [-0.3, -0.25) is 19.6 Å². The molecule has 0 heterocycles. The minimum atomic E-state index is -4.74. The summed E-state index contributed by atoms with van der Waals surface area (Å²) in [6, 6.07) is 21.0. The smallest absolute Gasteiger partial charge is 0.747 e. The fraction of sp³-hybridized carbons (Fsp3) is 0.345. The summed E-state index contributed by atoms with van der Waals surface area (Å²) < 4.78 is 33.3. The Morgan fingerprint density at radius 3 is 2.05 bits per heavy atom. The van der Waals surface area contributed by atoms with Gasteiger partial charge in [0.25, 0.3) is 0 Å². The first kappa shape index (κ1) is 34.4. The van der Waals surface area contributed by atoms with E-state index in [0.29, 0.717) is 5.56 Å². The number of carbonyl (C=O) groups excluding carboxylic acids is 3. The molecule has 214 valence electrons. The van der Waals surface area contributed by atoms with Gasteiger partial charge in [-0.2, -0.15) is 0 Å². The molecule has 0 bridgehead atoms. The molecule has 4 N–H and O–H groups in total. The van der Waals surface area contributed by atoms with E-state index in [1.54, 1.807) is 35.8 Å². The van der Waals surface area contributed by atoms with E-state index < -0.39 is 51.6 Å². The van der Waals surface area contributed by atoms with E-state index in [1.807, 2.05) is 56.3 Å². The number of hydrogen-bond donors (Lipinski definition) is 4. The first-order chi connectivity index (χ1) is 19.0. The summed E-state index contributed by atoms with van der Waals surface area (Å²) in [6.45, 7) is 3.77. The van der Waals surface area contributed by atoms with Gasteiger partial charge in [0.05, 0.1) is 11.8 Å². The average molecular weight is 592 g/mol. The van der Waals surface area contributed by atoms with Crippen molar-refractivity contribution in [2.45, 2.75) is 39.2 Å². The monoisotopic (exact) mass is 591 g/mol. The van der Waals surface area contributed by atoms with Crippen molar-refractivity contribution in [2.24, 2.45) is 17.8 Å². The zero-order chi connectivity index (χ0) is 29.3. The molecule has 0 fully saturated rings. The standard InChI is InChI=1S/C29H35N3O7S.Na/c1-19(2)14-24(25(28(34)32-36)16-21-12-13-22-10-6-7-11-23(22)15-21)27(33)31-26(17-20-8-4-3-5-9-20)29(35)30-18-40(37,38)39;/h3-13,15,19,24-26,36H,14,16-18H2,1-2H3,(H,30,35)(H,31,33)(H,32,34)(H,37,38,39);/q;+1/p-1. The number of carbonyl (C=O) groups is 3. The molecular formula is C29H34N3NaO7S. The second kappa shape index (κ2) is 16.0. The maximum absolute atomic E-state index is 13.7. The third-order valence-corrected chi connectivity index (χ3v) is 7.10. The van der Waals surface area contributed by atoms with Crippen LogP contribution < -0.4 is 45.7 Å². The van der Waals surface area contributed by atoms with Gasteiger partial charge in [0.2, 0.25) is 17.7 Å². The molecule has 3 atom stereocenters. The van der Waals surface area contributed by atoms with E-state index in [0.717, 1.165) is 16.3 Å². The van der Waals surface area contributed by atoms with Gasteiger partial charge in [-0.05, 0) is 40.7 Å². The molecule has 3 rings (SSSR count). The van der Waals surface area contributed by atoms with Gasteiger partial charge in [0, 0.05) is 6.42 Å². The molecule has 10 nitrogen and oxygen atoms in total. The molecule has 3 unspecified atom stereocenters. The van der Waals surface area contributed by atoms with E-state index in [1.165, 1.54) is 0 Å². The number of nitrogens with one attached hydrogen (secondary N) is 3. The van der Waals surface area contributed by atoms with Crippen molar-refractivity contribution in [1.82, 2.24) is 16.1 Å². The van der Waals surface area contributed by atoms with Crippen molar-refractivity contribution in [1.29, 1.82) is 0 Å². The molecule has 3 aromatic carbocycles.